The van der Waals surface area contributed by atoms with Crippen molar-refractivity contribution in [2.45, 2.75) is 116 Å². The van der Waals surface area contributed by atoms with E-state index in [2.05, 4.69) is 6.92 Å². The van der Waals surface area contributed by atoms with Crippen LogP contribution in [-0.2, 0) is 15.7 Å². The molecule has 1 heterocycles. The molecule has 1 atom stereocenters. The van der Waals surface area contributed by atoms with Crippen LogP contribution in [0.2, 0.25) is 0 Å². The van der Waals surface area contributed by atoms with E-state index in [0.29, 0.717) is 12.8 Å². The summed E-state index contributed by atoms with van der Waals surface area (Å²) in [5.74, 6) is 0.735. The first kappa shape index (κ1) is 24.5. The third kappa shape index (κ3) is 10.7. The van der Waals surface area contributed by atoms with Crippen molar-refractivity contribution in [1.82, 2.24) is 0 Å². The van der Waals surface area contributed by atoms with Gasteiger partial charge in [-0.05, 0) is 12.5 Å². The summed E-state index contributed by atoms with van der Waals surface area (Å²) in [7, 11) is -2.93. The Morgan fingerprint density at radius 1 is 0.724 bits per heavy atom. The van der Waals surface area contributed by atoms with E-state index in [0.717, 1.165) is 24.2 Å². The molecule has 0 aromatic heterocycles. The molecule has 0 saturated heterocycles. The Labute approximate surface area is 179 Å². The Bertz CT molecular complexity index is 587. The molecule has 2 rings (SSSR count). The summed E-state index contributed by atoms with van der Waals surface area (Å²) in [6.45, 7) is 2.69. The molecule has 3 nitrogen and oxygen atoms in total. The Morgan fingerprint density at radius 2 is 1.21 bits per heavy atom. The van der Waals surface area contributed by atoms with Gasteiger partial charge < -0.3 is 4.52 Å². The fourth-order valence-electron chi connectivity index (χ4n) is 4.02. The Balaban J connectivity index is 1.36. The topological polar surface area (TPSA) is 35.5 Å². The van der Waals surface area contributed by atoms with Gasteiger partial charge in [0, 0.05) is 5.56 Å². The van der Waals surface area contributed by atoms with Gasteiger partial charge >= 0.3 is 7.60 Å². The third-order valence-corrected chi connectivity index (χ3v) is 7.77. The van der Waals surface area contributed by atoms with Crippen molar-refractivity contribution in [2.75, 3.05) is 6.16 Å². The van der Waals surface area contributed by atoms with Gasteiger partial charge in [0.05, 0.1) is 12.8 Å². The summed E-state index contributed by atoms with van der Waals surface area (Å²) < 4.78 is 23.9. The zero-order chi connectivity index (χ0) is 20.6. The van der Waals surface area contributed by atoms with Crippen LogP contribution in [0.5, 0.6) is 5.75 Å². The Kier molecular flexibility index (Phi) is 12.7. The first-order chi connectivity index (χ1) is 14.2. The van der Waals surface area contributed by atoms with Gasteiger partial charge in [0.25, 0.3) is 0 Å². The minimum Gasteiger partial charge on any atom is -0.424 e. The molecule has 0 radical (unpaired) electrons. The highest BCUT2D eigenvalue weighted by molar-refractivity contribution is 7.54. The summed E-state index contributed by atoms with van der Waals surface area (Å²) in [6, 6.07) is 7.73. The van der Waals surface area contributed by atoms with E-state index in [1.165, 1.54) is 89.9 Å². The van der Waals surface area contributed by atoms with E-state index < -0.39 is 7.60 Å². The monoisotopic (exact) mass is 422 g/mol. The lowest BCUT2D eigenvalue weighted by atomic mass is 10.0. The van der Waals surface area contributed by atoms with Gasteiger partial charge in [-0.15, -0.1) is 0 Å². The van der Waals surface area contributed by atoms with Crippen LogP contribution in [0.15, 0.2) is 24.3 Å². The Morgan fingerprint density at radius 3 is 1.76 bits per heavy atom. The van der Waals surface area contributed by atoms with Crippen LogP contribution in [0.4, 0.5) is 0 Å². The summed E-state index contributed by atoms with van der Waals surface area (Å²) in [4.78, 5) is 0. The lowest BCUT2D eigenvalue weighted by Gasteiger charge is -2.25. The highest BCUT2D eigenvalue weighted by Gasteiger charge is 2.30. The van der Waals surface area contributed by atoms with Crippen molar-refractivity contribution in [1.29, 1.82) is 0 Å². The maximum absolute atomic E-state index is 12.7. The minimum atomic E-state index is -2.93. The second-order valence-electron chi connectivity index (χ2n) is 8.61. The predicted octanol–water partition coefficient (Wildman–Crippen LogP) is 9.05. The number of para-hydroxylation sites is 1. The van der Waals surface area contributed by atoms with Gasteiger partial charge in [-0.25, -0.2) is 4.57 Å². The van der Waals surface area contributed by atoms with E-state index in [1.54, 1.807) is 0 Å². The highest BCUT2D eigenvalue weighted by Crippen LogP contribution is 2.53. The number of hydrogen-bond donors (Lipinski definition) is 0. The molecule has 1 aliphatic rings. The van der Waals surface area contributed by atoms with E-state index in [4.69, 9.17) is 9.05 Å². The minimum absolute atomic E-state index is 0.409. The smallest absolute Gasteiger partial charge is 0.379 e. The van der Waals surface area contributed by atoms with E-state index >= 15 is 0 Å². The van der Waals surface area contributed by atoms with Crippen molar-refractivity contribution in [2.24, 2.45) is 0 Å². The van der Waals surface area contributed by atoms with Crippen LogP contribution >= 0.6 is 7.60 Å². The molecule has 1 unspecified atom stereocenters. The van der Waals surface area contributed by atoms with E-state index in [9.17, 15) is 4.57 Å². The van der Waals surface area contributed by atoms with Crippen LogP contribution in [0, 0.1) is 0 Å². The van der Waals surface area contributed by atoms with Crippen LogP contribution < -0.4 is 4.52 Å². The highest BCUT2D eigenvalue weighted by atomic mass is 31.2. The molecule has 0 saturated carbocycles. The average Bonchev–Trinajstić information content (AvgIpc) is 2.73. The van der Waals surface area contributed by atoms with Crippen LogP contribution in [-0.4, -0.2) is 6.16 Å². The first-order valence-electron chi connectivity index (χ1n) is 12.2. The molecule has 166 valence electrons. The van der Waals surface area contributed by atoms with Crippen LogP contribution in [0.1, 0.15) is 115 Å². The number of rotatable bonds is 17. The molecule has 0 amide bonds. The maximum atomic E-state index is 12.7. The fraction of sp³-hybridized carbons (Fsp3) is 0.760. The molecule has 1 aliphatic heterocycles. The molecule has 0 spiro atoms. The summed E-state index contributed by atoms with van der Waals surface area (Å²) in [5, 5.41) is 0. The molecule has 0 N–H and O–H groups in total. The molecular formula is C25H43O3P. The van der Waals surface area contributed by atoms with Crippen molar-refractivity contribution in [3.05, 3.63) is 29.8 Å². The van der Waals surface area contributed by atoms with Gasteiger partial charge in [0.2, 0.25) is 0 Å². The number of hydrogen-bond acceptors (Lipinski definition) is 3. The first-order valence-corrected chi connectivity index (χ1v) is 14.0. The second-order valence-corrected chi connectivity index (χ2v) is 10.7. The lowest BCUT2D eigenvalue weighted by molar-refractivity contribution is 0.231. The van der Waals surface area contributed by atoms with Crippen molar-refractivity contribution in [3.63, 3.8) is 0 Å². The molecule has 0 fully saturated rings. The summed E-state index contributed by atoms with van der Waals surface area (Å²) >= 11 is 0. The largest absolute Gasteiger partial charge is 0.424 e. The van der Waals surface area contributed by atoms with E-state index in [-0.39, 0.29) is 0 Å². The van der Waals surface area contributed by atoms with Gasteiger partial charge in [-0.1, -0.05) is 121 Å². The van der Waals surface area contributed by atoms with Crippen molar-refractivity contribution >= 4 is 7.60 Å². The van der Waals surface area contributed by atoms with Gasteiger partial charge in [-0.2, -0.15) is 0 Å². The van der Waals surface area contributed by atoms with E-state index in [1.807, 2.05) is 24.3 Å². The molecule has 29 heavy (non-hydrogen) atoms. The van der Waals surface area contributed by atoms with Crippen molar-refractivity contribution in [3.8, 4) is 5.75 Å². The van der Waals surface area contributed by atoms with Gasteiger partial charge in [0.15, 0.2) is 0 Å². The lowest BCUT2D eigenvalue weighted by Crippen LogP contribution is -2.09. The SMILES string of the molecule is CCCCCCCCCCCCCCCCCCP1(=O)OCc2ccccc2O1. The average molecular weight is 423 g/mol. The van der Waals surface area contributed by atoms with Crippen LogP contribution in [0.25, 0.3) is 0 Å². The predicted molar refractivity (Wildman–Crippen MR) is 124 cm³/mol. The second kappa shape index (κ2) is 15.1. The van der Waals surface area contributed by atoms with Crippen molar-refractivity contribution < 1.29 is 13.6 Å². The number of benzene rings is 1. The molecule has 4 heteroatoms. The zero-order valence-electron chi connectivity index (χ0n) is 18.7. The standard InChI is InChI=1S/C25H43O3P/c1-2-3-4-5-6-7-8-9-10-11-12-13-14-15-16-19-22-29(26)27-23-24-20-17-18-21-25(24)28-29/h17-18,20-21H,2-16,19,22-23H2,1H3. The number of fused-ring (bicyclic) bond motifs is 1. The van der Waals surface area contributed by atoms with Gasteiger partial charge in [0.1, 0.15) is 5.75 Å². The molecule has 0 aliphatic carbocycles. The summed E-state index contributed by atoms with van der Waals surface area (Å²) in [5.41, 5.74) is 0.992. The van der Waals surface area contributed by atoms with Crippen LogP contribution in [0.3, 0.4) is 0 Å². The molecular weight excluding hydrogens is 379 g/mol. The molecule has 0 bridgehead atoms. The maximum Gasteiger partial charge on any atom is 0.379 e. The molecule has 1 aromatic carbocycles. The summed E-state index contributed by atoms with van der Waals surface area (Å²) in [6.07, 6.45) is 22.0. The molecule has 1 aromatic rings. The zero-order valence-corrected chi connectivity index (χ0v) is 19.6. The number of unbranched alkanes of at least 4 members (excludes halogenated alkanes) is 15. The normalized spacial score (nSPS) is 18.4. The third-order valence-electron chi connectivity index (χ3n) is 5.91. The van der Waals surface area contributed by atoms with Gasteiger partial charge in [-0.3, -0.25) is 4.52 Å². The fourth-order valence-corrected chi connectivity index (χ4v) is 5.72. The quantitative estimate of drug-likeness (QED) is 0.185. The Hall–Kier alpha value is -0.790.